The quantitative estimate of drug-likeness (QED) is 0.130. The van der Waals surface area contributed by atoms with E-state index in [1.165, 1.54) is 16.3 Å². The summed E-state index contributed by atoms with van der Waals surface area (Å²) in [4.78, 5) is 0. The minimum absolute atomic E-state index is 0. The average molecular weight is 734 g/mol. The zero-order valence-electron chi connectivity index (χ0n) is 23.2. The molecule has 9 rings (SSSR count). The second-order valence-corrected chi connectivity index (χ2v) is 10.2. The van der Waals surface area contributed by atoms with Gasteiger partial charge in [-0.1, -0.05) is 59.6 Å². The third kappa shape index (κ3) is 4.56. The molecule has 6 aromatic carbocycles. The normalized spacial score (nSPS) is 11.4. The van der Waals surface area contributed by atoms with Gasteiger partial charge in [0.25, 0.3) is 6.33 Å². The van der Waals surface area contributed by atoms with Crippen LogP contribution in [0.25, 0.3) is 49.9 Å². The van der Waals surface area contributed by atoms with Crippen molar-refractivity contribution in [3.8, 4) is 28.6 Å². The minimum Gasteiger partial charge on any atom is -0.513 e. The van der Waals surface area contributed by atoms with Crippen LogP contribution in [0.4, 0.5) is 0 Å². The van der Waals surface area contributed by atoms with Gasteiger partial charge in [0.1, 0.15) is 5.75 Å². The number of fused-ring (bicyclic) bond motifs is 6. The molecule has 0 saturated carbocycles. The SMILES string of the molecule is Cc1ccc(-[n+]2[c-]n(-c3[c-]cccc3)c3ccccc32)cc1.[Pt+4].[c-]1cccc2c1-n1c3[c-]cccc3c3cccc(c31)O2. The van der Waals surface area contributed by atoms with Crippen LogP contribution in [-0.2, 0) is 21.1 Å². The molecule has 43 heavy (non-hydrogen) atoms. The largest absolute Gasteiger partial charge is 4.00 e. The van der Waals surface area contributed by atoms with Crippen LogP contribution >= 0.6 is 0 Å². The molecule has 0 aliphatic carbocycles. The summed E-state index contributed by atoms with van der Waals surface area (Å²) in [6, 6.07) is 52.8. The van der Waals surface area contributed by atoms with Gasteiger partial charge in [-0.2, -0.15) is 72.8 Å². The summed E-state index contributed by atoms with van der Waals surface area (Å²) >= 11 is 0. The number of imidazole rings is 1. The zero-order chi connectivity index (χ0) is 28.0. The first-order valence-electron chi connectivity index (χ1n) is 13.9. The molecule has 4 nitrogen and oxygen atoms in total. The Kier molecular flexibility index (Phi) is 6.93. The first-order chi connectivity index (χ1) is 20.8. The molecule has 206 valence electrons. The number of aromatic nitrogens is 3. The van der Waals surface area contributed by atoms with E-state index in [1.54, 1.807) is 0 Å². The molecule has 3 heterocycles. The second kappa shape index (κ2) is 11.1. The van der Waals surface area contributed by atoms with Crippen molar-refractivity contribution >= 4 is 32.8 Å². The number of nitrogens with zero attached hydrogens (tertiary/aromatic N) is 3. The van der Waals surface area contributed by atoms with E-state index >= 15 is 0 Å². The van der Waals surface area contributed by atoms with Crippen LogP contribution in [-0.4, -0.2) is 9.13 Å². The van der Waals surface area contributed by atoms with E-state index in [0.29, 0.717) is 0 Å². The smallest absolute Gasteiger partial charge is 0.513 e. The summed E-state index contributed by atoms with van der Waals surface area (Å²) in [6.07, 6.45) is 3.44. The van der Waals surface area contributed by atoms with E-state index in [9.17, 15) is 0 Å². The van der Waals surface area contributed by atoms with Crippen LogP contribution in [0.5, 0.6) is 11.5 Å². The van der Waals surface area contributed by atoms with Crippen molar-refractivity contribution in [3.05, 3.63) is 157 Å². The van der Waals surface area contributed by atoms with Crippen molar-refractivity contribution in [1.82, 2.24) is 9.13 Å². The molecule has 0 atom stereocenters. The molecule has 0 saturated heterocycles. The van der Waals surface area contributed by atoms with Gasteiger partial charge in [-0.3, -0.25) is 4.57 Å². The van der Waals surface area contributed by atoms with Crippen LogP contribution in [0.1, 0.15) is 5.56 Å². The summed E-state index contributed by atoms with van der Waals surface area (Å²) in [5, 5.41) is 2.38. The molecular formula is C38H24N3OPt+. The maximum Gasteiger partial charge on any atom is 4.00 e. The van der Waals surface area contributed by atoms with E-state index in [2.05, 4.69) is 106 Å². The molecule has 0 spiro atoms. The second-order valence-electron chi connectivity index (χ2n) is 10.2. The Morgan fingerprint density at radius 3 is 2.26 bits per heavy atom. The Balaban J connectivity index is 0.000000137. The van der Waals surface area contributed by atoms with Crippen molar-refractivity contribution in [3.63, 3.8) is 0 Å². The summed E-state index contributed by atoms with van der Waals surface area (Å²) in [7, 11) is 0. The van der Waals surface area contributed by atoms with Gasteiger partial charge in [0, 0.05) is 5.75 Å². The van der Waals surface area contributed by atoms with Crippen LogP contribution in [0.15, 0.2) is 127 Å². The summed E-state index contributed by atoms with van der Waals surface area (Å²) in [6.45, 7) is 2.10. The van der Waals surface area contributed by atoms with Gasteiger partial charge in [-0.25, -0.2) is 0 Å². The van der Waals surface area contributed by atoms with E-state index < -0.39 is 0 Å². The Bertz CT molecular complexity index is 2230. The number of para-hydroxylation sites is 6. The molecule has 0 amide bonds. The summed E-state index contributed by atoms with van der Waals surface area (Å²) in [5.41, 5.74) is 8.72. The predicted molar refractivity (Wildman–Crippen MR) is 166 cm³/mol. The Morgan fingerprint density at radius 2 is 1.40 bits per heavy atom. The first-order valence-corrected chi connectivity index (χ1v) is 13.9. The number of hydrogen-bond acceptors (Lipinski definition) is 1. The molecule has 0 bridgehead atoms. The number of aryl methyl sites for hydroxylation is 1. The van der Waals surface area contributed by atoms with Gasteiger partial charge >= 0.3 is 21.1 Å². The standard InChI is InChI=1S/C20H15N2.C18H9NO.Pt/c1-16-11-13-18(14-12-16)22-15-21(17-7-3-2-4-8-17)19-9-5-6-10-20(19)22;1-2-8-14-12(6-1)13-7-5-11-17-18(13)19(14)15-9-3-4-10-16(15)20-17;/h2-7,9-14H,1H3;1-7,10-11H;/q-1;-2;+4. The van der Waals surface area contributed by atoms with Crippen molar-refractivity contribution in [2.45, 2.75) is 6.92 Å². The fourth-order valence-electron chi connectivity index (χ4n) is 5.65. The molecule has 1 aliphatic rings. The Labute approximate surface area is 264 Å². The number of rotatable bonds is 2. The average Bonchev–Trinajstić information content (AvgIpc) is 3.60. The molecule has 0 unspecified atom stereocenters. The van der Waals surface area contributed by atoms with Crippen LogP contribution in [0.3, 0.4) is 0 Å². The van der Waals surface area contributed by atoms with Gasteiger partial charge in [0.05, 0.1) is 22.2 Å². The molecule has 0 radical (unpaired) electrons. The summed E-state index contributed by atoms with van der Waals surface area (Å²) < 4.78 is 12.4. The maximum atomic E-state index is 6.01. The first kappa shape index (κ1) is 26.9. The van der Waals surface area contributed by atoms with Gasteiger partial charge in [0.15, 0.2) is 0 Å². The van der Waals surface area contributed by atoms with Gasteiger partial charge in [0.2, 0.25) is 0 Å². The fourth-order valence-corrected chi connectivity index (χ4v) is 5.65. The van der Waals surface area contributed by atoms with E-state index in [4.69, 9.17) is 4.74 Å². The Hall–Kier alpha value is -4.92. The van der Waals surface area contributed by atoms with Gasteiger partial charge in [-0.05, 0) is 41.9 Å². The minimum atomic E-state index is 0. The topological polar surface area (TPSA) is 23.0 Å². The van der Waals surface area contributed by atoms with Crippen molar-refractivity contribution in [2.24, 2.45) is 0 Å². The van der Waals surface area contributed by atoms with Crippen LogP contribution in [0, 0.1) is 31.5 Å². The third-order valence-corrected chi connectivity index (χ3v) is 7.60. The van der Waals surface area contributed by atoms with Gasteiger partial charge in [-0.15, -0.1) is 11.5 Å². The predicted octanol–water partition coefficient (Wildman–Crippen LogP) is 8.30. The zero-order valence-corrected chi connectivity index (χ0v) is 25.5. The molecule has 0 fully saturated rings. The number of ether oxygens (including phenoxy) is 1. The molecule has 2 aromatic heterocycles. The maximum absolute atomic E-state index is 6.01. The molecule has 1 aliphatic heterocycles. The van der Waals surface area contributed by atoms with Crippen molar-refractivity contribution < 1.29 is 30.4 Å². The van der Waals surface area contributed by atoms with Gasteiger partial charge < -0.3 is 13.9 Å². The molecule has 0 N–H and O–H groups in total. The fraction of sp³-hybridized carbons (Fsp3) is 0.0263. The Morgan fingerprint density at radius 1 is 0.651 bits per heavy atom. The van der Waals surface area contributed by atoms with E-state index in [-0.39, 0.29) is 21.1 Å². The third-order valence-electron chi connectivity index (χ3n) is 7.60. The van der Waals surface area contributed by atoms with Crippen molar-refractivity contribution in [1.29, 1.82) is 0 Å². The number of benzene rings is 6. The molecule has 5 heteroatoms. The monoisotopic (exact) mass is 733 g/mol. The molecular weight excluding hydrogens is 710 g/mol. The van der Waals surface area contributed by atoms with Crippen LogP contribution in [0.2, 0.25) is 0 Å². The van der Waals surface area contributed by atoms with E-state index in [0.717, 1.165) is 50.6 Å². The van der Waals surface area contributed by atoms with E-state index in [1.807, 2.05) is 66.7 Å². The van der Waals surface area contributed by atoms with Crippen molar-refractivity contribution in [2.75, 3.05) is 0 Å². The number of hydrogen-bond donors (Lipinski definition) is 0. The molecule has 8 aromatic rings. The van der Waals surface area contributed by atoms with Crippen LogP contribution < -0.4 is 9.30 Å². The summed E-state index contributed by atoms with van der Waals surface area (Å²) in [5.74, 6) is 1.72.